The molecule has 1 aromatic rings. The monoisotopic (exact) mass is 313 g/mol. The largest absolute Gasteiger partial charge is 0.322 e. The fourth-order valence-corrected chi connectivity index (χ4v) is 3.42. The van der Waals surface area contributed by atoms with Crippen molar-refractivity contribution >= 4 is 34.9 Å². The molecule has 2 amide bonds. The van der Waals surface area contributed by atoms with Crippen LogP contribution in [0.4, 0.5) is 10.5 Å². The first-order chi connectivity index (χ1) is 9.63. The normalized spacial score (nSPS) is 22.7. The second kappa shape index (κ2) is 5.80. The Kier molecular flexibility index (Phi) is 4.06. The van der Waals surface area contributed by atoms with Gasteiger partial charge in [0.05, 0.1) is 10.7 Å². The highest BCUT2D eigenvalue weighted by atomic mass is 35.5. The van der Waals surface area contributed by atoms with Crippen molar-refractivity contribution < 1.29 is 4.79 Å². The van der Waals surface area contributed by atoms with Crippen molar-refractivity contribution in [1.82, 2.24) is 9.80 Å². The molecule has 1 unspecified atom stereocenters. The molecule has 0 saturated carbocycles. The smallest absolute Gasteiger partial charge is 0.321 e. The van der Waals surface area contributed by atoms with E-state index in [0.29, 0.717) is 21.8 Å². The number of amides is 2. The van der Waals surface area contributed by atoms with Crippen LogP contribution in [-0.4, -0.2) is 48.1 Å². The third-order valence-electron chi connectivity index (χ3n) is 4.05. The van der Waals surface area contributed by atoms with E-state index in [9.17, 15) is 4.79 Å². The predicted octanol–water partition coefficient (Wildman–Crippen LogP) is 3.31. The van der Waals surface area contributed by atoms with Crippen LogP contribution in [0, 0.1) is 0 Å². The Hall–Kier alpha value is -0.970. The Morgan fingerprint density at radius 1 is 1.25 bits per heavy atom. The van der Waals surface area contributed by atoms with E-state index in [-0.39, 0.29) is 6.03 Å². The van der Waals surface area contributed by atoms with Crippen LogP contribution < -0.4 is 5.32 Å². The SMILES string of the molecule is O=C(Nc1ccc(Cl)cc1Cl)N1CCN2CCCC2C1. The zero-order valence-corrected chi connectivity index (χ0v) is 12.6. The average Bonchev–Trinajstić information content (AvgIpc) is 2.89. The molecule has 4 nitrogen and oxygen atoms in total. The number of carbonyl (C=O) groups excluding carboxylic acids is 1. The van der Waals surface area contributed by atoms with Crippen LogP contribution in [0.2, 0.25) is 10.0 Å². The molecule has 2 aliphatic heterocycles. The summed E-state index contributed by atoms with van der Waals surface area (Å²) in [5, 5.41) is 3.89. The van der Waals surface area contributed by atoms with Crippen LogP contribution in [0.15, 0.2) is 18.2 Å². The van der Waals surface area contributed by atoms with Gasteiger partial charge in [0.1, 0.15) is 0 Å². The Balaban J connectivity index is 1.64. The van der Waals surface area contributed by atoms with E-state index in [4.69, 9.17) is 23.2 Å². The molecule has 0 aliphatic carbocycles. The quantitative estimate of drug-likeness (QED) is 0.863. The first kappa shape index (κ1) is 14.0. The van der Waals surface area contributed by atoms with E-state index >= 15 is 0 Å². The van der Waals surface area contributed by atoms with E-state index < -0.39 is 0 Å². The molecule has 2 heterocycles. The number of fused-ring (bicyclic) bond motifs is 1. The fraction of sp³-hybridized carbons (Fsp3) is 0.500. The molecular weight excluding hydrogens is 297 g/mol. The minimum absolute atomic E-state index is 0.0826. The summed E-state index contributed by atoms with van der Waals surface area (Å²) in [4.78, 5) is 16.6. The summed E-state index contributed by atoms with van der Waals surface area (Å²) in [6, 6.07) is 5.52. The lowest BCUT2D eigenvalue weighted by atomic mass is 10.1. The van der Waals surface area contributed by atoms with Crippen molar-refractivity contribution in [3.05, 3.63) is 28.2 Å². The number of anilines is 1. The van der Waals surface area contributed by atoms with Gasteiger partial charge in [-0.1, -0.05) is 23.2 Å². The van der Waals surface area contributed by atoms with Crippen molar-refractivity contribution in [2.45, 2.75) is 18.9 Å². The zero-order valence-electron chi connectivity index (χ0n) is 11.1. The number of rotatable bonds is 1. The number of hydrogen-bond acceptors (Lipinski definition) is 2. The topological polar surface area (TPSA) is 35.6 Å². The summed E-state index contributed by atoms with van der Waals surface area (Å²) in [5.41, 5.74) is 0.606. The second-order valence-electron chi connectivity index (χ2n) is 5.33. The number of halogens is 2. The summed E-state index contributed by atoms with van der Waals surface area (Å²) >= 11 is 11.9. The fourth-order valence-electron chi connectivity index (χ4n) is 2.96. The van der Waals surface area contributed by atoms with Crippen molar-refractivity contribution in [2.24, 2.45) is 0 Å². The van der Waals surface area contributed by atoms with E-state index in [1.165, 1.54) is 19.4 Å². The van der Waals surface area contributed by atoms with Gasteiger partial charge in [-0.15, -0.1) is 0 Å². The molecule has 108 valence electrons. The Bertz CT molecular complexity index is 523. The lowest BCUT2D eigenvalue weighted by Gasteiger charge is -2.37. The van der Waals surface area contributed by atoms with Crippen molar-refractivity contribution in [1.29, 1.82) is 0 Å². The second-order valence-corrected chi connectivity index (χ2v) is 6.18. The maximum atomic E-state index is 12.3. The Morgan fingerprint density at radius 3 is 2.90 bits per heavy atom. The minimum atomic E-state index is -0.0826. The molecule has 6 heteroatoms. The van der Waals surface area contributed by atoms with Gasteiger partial charge in [-0.25, -0.2) is 4.79 Å². The number of nitrogens with zero attached hydrogens (tertiary/aromatic N) is 2. The lowest BCUT2D eigenvalue weighted by Crippen LogP contribution is -2.53. The molecule has 1 aromatic carbocycles. The zero-order chi connectivity index (χ0) is 14.1. The first-order valence-electron chi connectivity index (χ1n) is 6.88. The molecule has 3 rings (SSSR count). The number of piperazine rings is 1. The summed E-state index contributed by atoms with van der Waals surface area (Å²) < 4.78 is 0. The summed E-state index contributed by atoms with van der Waals surface area (Å²) in [5.74, 6) is 0. The predicted molar refractivity (Wildman–Crippen MR) is 81.6 cm³/mol. The Morgan fingerprint density at radius 2 is 2.10 bits per heavy atom. The van der Waals surface area contributed by atoms with E-state index in [0.717, 1.165) is 19.6 Å². The van der Waals surface area contributed by atoms with E-state index in [1.807, 2.05) is 4.90 Å². The van der Waals surface area contributed by atoms with Gasteiger partial charge in [0.25, 0.3) is 0 Å². The molecular formula is C14H17Cl2N3O. The van der Waals surface area contributed by atoms with Gasteiger partial charge in [-0.05, 0) is 37.6 Å². The van der Waals surface area contributed by atoms with Gasteiger partial charge in [-0.3, -0.25) is 4.90 Å². The molecule has 0 spiro atoms. The number of benzene rings is 1. The van der Waals surface area contributed by atoms with Gasteiger partial charge in [0, 0.05) is 30.7 Å². The molecule has 0 bridgehead atoms. The number of hydrogen-bond donors (Lipinski definition) is 1. The molecule has 20 heavy (non-hydrogen) atoms. The third kappa shape index (κ3) is 2.87. The van der Waals surface area contributed by atoms with Gasteiger partial charge >= 0.3 is 6.03 Å². The van der Waals surface area contributed by atoms with Crippen molar-refractivity contribution in [2.75, 3.05) is 31.5 Å². The molecule has 0 radical (unpaired) electrons. The highest BCUT2D eigenvalue weighted by Crippen LogP contribution is 2.26. The number of urea groups is 1. The minimum Gasteiger partial charge on any atom is -0.322 e. The van der Waals surface area contributed by atoms with Crippen LogP contribution in [0.3, 0.4) is 0 Å². The molecule has 2 saturated heterocycles. The molecule has 2 aliphatic rings. The van der Waals surface area contributed by atoms with Crippen LogP contribution in [-0.2, 0) is 0 Å². The van der Waals surface area contributed by atoms with Crippen LogP contribution in [0.5, 0.6) is 0 Å². The Labute approximate surface area is 128 Å². The molecule has 1 N–H and O–H groups in total. The first-order valence-corrected chi connectivity index (χ1v) is 7.64. The highest BCUT2D eigenvalue weighted by Gasteiger charge is 2.32. The average molecular weight is 314 g/mol. The highest BCUT2D eigenvalue weighted by molar-refractivity contribution is 6.36. The third-order valence-corrected chi connectivity index (χ3v) is 4.60. The van der Waals surface area contributed by atoms with E-state index in [1.54, 1.807) is 18.2 Å². The van der Waals surface area contributed by atoms with Crippen molar-refractivity contribution in [3.63, 3.8) is 0 Å². The summed E-state index contributed by atoms with van der Waals surface area (Å²) in [7, 11) is 0. The van der Waals surface area contributed by atoms with Gasteiger partial charge in [-0.2, -0.15) is 0 Å². The number of carbonyl (C=O) groups is 1. The van der Waals surface area contributed by atoms with Crippen LogP contribution >= 0.6 is 23.2 Å². The van der Waals surface area contributed by atoms with Gasteiger partial charge in [0.2, 0.25) is 0 Å². The standard InChI is InChI=1S/C14H17Cl2N3O/c15-10-3-4-13(12(16)8-10)17-14(20)19-7-6-18-5-1-2-11(18)9-19/h3-4,8,11H,1-2,5-7,9H2,(H,17,20). The summed E-state index contributed by atoms with van der Waals surface area (Å²) in [6.45, 7) is 3.71. The van der Waals surface area contributed by atoms with Gasteiger partial charge < -0.3 is 10.2 Å². The maximum Gasteiger partial charge on any atom is 0.321 e. The van der Waals surface area contributed by atoms with Crippen molar-refractivity contribution in [3.8, 4) is 0 Å². The lowest BCUT2D eigenvalue weighted by molar-refractivity contribution is 0.124. The van der Waals surface area contributed by atoms with Gasteiger partial charge in [0.15, 0.2) is 0 Å². The number of nitrogens with one attached hydrogen (secondary N) is 1. The maximum absolute atomic E-state index is 12.3. The molecule has 0 aromatic heterocycles. The molecule has 2 fully saturated rings. The van der Waals surface area contributed by atoms with Crippen LogP contribution in [0.25, 0.3) is 0 Å². The van der Waals surface area contributed by atoms with Crippen LogP contribution in [0.1, 0.15) is 12.8 Å². The molecule has 1 atom stereocenters. The van der Waals surface area contributed by atoms with E-state index in [2.05, 4.69) is 10.2 Å². The summed E-state index contributed by atoms with van der Waals surface area (Å²) in [6.07, 6.45) is 2.43.